The lowest BCUT2D eigenvalue weighted by molar-refractivity contribution is 0.168. The van der Waals surface area contributed by atoms with Crippen molar-refractivity contribution < 1.29 is 4.79 Å². The van der Waals surface area contributed by atoms with E-state index in [2.05, 4.69) is 68.9 Å². The molecule has 1 aliphatic rings. The number of benzene rings is 2. The van der Waals surface area contributed by atoms with Crippen LogP contribution in [0.4, 0.5) is 10.6 Å². The fourth-order valence-electron chi connectivity index (χ4n) is 4.80. The fourth-order valence-corrected chi connectivity index (χ4v) is 5.14. The van der Waals surface area contributed by atoms with Crippen LogP contribution < -0.4 is 10.6 Å². The second kappa shape index (κ2) is 11.1. The SMILES string of the molecule is Cc1ccccc1-c1cc(NCC2CCCN(C(=O)NCCc3ccccc3)C2)n2ncc(Br)c2n1. The maximum atomic E-state index is 12.8. The van der Waals surface area contributed by atoms with Crippen molar-refractivity contribution in [3.63, 3.8) is 0 Å². The number of nitrogens with one attached hydrogen (secondary N) is 2. The standard InChI is InChI=1S/C28H31BrN6O/c1-20-8-5-6-12-23(20)25-16-26(35-27(33-25)24(29)18-32-35)31-17-22-11-7-15-34(19-22)28(36)30-14-13-21-9-3-2-4-10-21/h2-6,8-10,12,16,18,22,31H,7,11,13-15,17,19H2,1H3,(H,30,36). The molecule has 1 aliphatic heterocycles. The zero-order valence-corrected chi connectivity index (χ0v) is 22.0. The van der Waals surface area contributed by atoms with Crippen LogP contribution in [0.5, 0.6) is 0 Å². The first kappa shape index (κ1) is 24.3. The zero-order valence-electron chi connectivity index (χ0n) is 20.5. The third-order valence-corrected chi connectivity index (χ3v) is 7.32. The van der Waals surface area contributed by atoms with Gasteiger partial charge in [0.2, 0.25) is 0 Å². The molecule has 5 rings (SSSR count). The molecule has 0 aliphatic carbocycles. The number of urea groups is 1. The number of hydrogen-bond donors (Lipinski definition) is 2. The molecule has 0 saturated carbocycles. The Morgan fingerprint density at radius 2 is 1.94 bits per heavy atom. The van der Waals surface area contributed by atoms with Crippen LogP contribution >= 0.6 is 15.9 Å². The Morgan fingerprint density at radius 3 is 2.78 bits per heavy atom. The first-order chi connectivity index (χ1) is 17.6. The van der Waals surface area contributed by atoms with E-state index in [0.717, 1.165) is 66.1 Å². The summed E-state index contributed by atoms with van der Waals surface area (Å²) < 4.78 is 2.69. The third kappa shape index (κ3) is 5.54. The number of rotatable bonds is 7. The number of aryl methyl sites for hydroxylation is 1. The second-order valence-corrected chi connectivity index (χ2v) is 10.2. The van der Waals surface area contributed by atoms with E-state index in [9.17, 15) is 4.79 Å². The molecule has 2 amide bonds. The van der Waals surface area contributed by atoms with Gasteiger partial charge in [0, 0.05) is 37.8 Å². The first-order valence-electron chi connectivity index (χ1n) is 12.5. The van der Waals surface area contributed by atoms with Gasteiger partial charge in [-0.25, -0.2) is 9.78 Å². The summed E-state index contributed by atoms with van der Waals surface area (Å²) in [7, 11) is 0. The maximum Gasteiger partial charge on any atom is 0.317 e. The molecule has 7 nitrogen and oxygen atoms in total. The maximum absolute atomic E-state index is 12.8. The number of halogens is 1. The predicted octanol–water partition coefficient (Wildman–Crippen LogP) is 5.54. The van der Waals surface area contributed by atoms with Gasteiger partial charge in [-0.1, -0.05) is 54.6 Å². The largest absolute Gasteiger partial charge is 0.370 e. The van der Waals surface area contributed by atoms with Gasteiger partial charge in [-0.15, -0.1) is 0 Å². The molecule has 3 heterocycles. The fraction of sp³-hybridized carbons (Fsp3) is 0.321. The molecule has 2 aromatic carbocycles. The molecule has 186 valence electrons. The first-order valence-corrected chi connectivity index (χ1v) is 13.3. The summed E-state index contributed by atoms with van der Waals surface area (Å²) >= 11 is 3.59. The van der Waals surface area contributed by atoms with Crippen LogP contribution in [0, 0.1) is 12.8 Å². The lowest BCUT2D eigenvalue weighted by Crippen LogP contribution is -2.47. The van der Waals surface area contributed by atoms with Crippen molar-refractivity contribution in [2.45, 2.75) is 26.2 Å². The molecule has 2 aromatic heterocycles. The van der Waals surface area contributed by atoms with E-state index >= 15 is 0 Å². The highest BCUT2D eigenvalue weighted by atomic mass is 79.9. The predicted molar refractivity (Wildman–Crippen MR) is 147 cm³/mol. The van der Waals surface area contributed by atoms with E-state index in [-0.39, 0.29) is 6.03 Å². The van der Waals surface area contributed by atoms with Crippen molar-refractivity contribution in [2.75, 3.05) is 31.5 Å². The summed E-state index contributed by atoms with van der Waals surface area (Å²) in [5, 5.41) is 11.2. The van der Waals surface area contributed by atoms with Crippen molar-refractivity contribution in [2.24, 2.45) is 5.92 Å². The number of anilines is 1. The number of hydrogen-bond acceptors (Lipinski definition) is 4. The van der Waals surface area contributed by atoms with Gasteiger partial charge < -0.3 is 15.5 Å². The molecule has 0 radical (unpaired) electrons. The van der Waals surface area contributed by atoms with Gasteiger partial charge in [-0.3, -0.25) is 0 Å². The van der Waals surface area contributed by atoms with Gasteiger partial charge in [-0.2, -0.15) is 9.61 Å². The molecule has 4 aromatic rings. The Balaban J connectivity index is 1.23. The number of likely N-dealkylation sites (tertiary alicyclic amines) is 1. The molecular formula is C28H31BrN6O. The van der Waals surface area contributed by atoms with E-state index in [1.54, 1.807) is 6.20 Å². The number of carbonyl (C=O) groups is 1. The Hall–Kier alpha value is -3.39. The van der Waals surface area contributed by atoms with Gasteiger partial charge >= 0.3 is 6.03 Å². The third-order valence-electron chi connectivity index (χ3n) is 6.76. The lowest BCUT2D eigenvalue weighted by Gasteiger charge is -2.33. The van der Waals surface area contributed by atoms with Crippen LogP contribution in [-0.4, -0.2) is 51.7 Å². The Bertz CT molecular complexity index is 1340. The van der Waals surface area contributed by atoms with Crippen molar-refractivity contribution in [1.29, 1.82) is 0 Å². The molecule has 2 N–H and O–H groups in total. The Kier molecular flexibility index (Phi) is 7.51. The molecular weight excluding hydrogens is 516 g/mol. The van der Waals surface area contributed by atoms with Gasteiger partial charge in [0.25, 0.3) is 0 Å². The summed E-state index contributed by atoms with van der Waals surface area (Å²) in [6.07, 6.45) is 4.71. The quantitative estimate of drug-likeness (QED) is 0.319. The molecule has 1 atom stereocenters. The summed E-state index contributed by atoms with van der Waals surface area (Å²) in [5.41, 5.74) is 5.20. The lowest BCUT2D eigenvalue weighted by atomic mass is 9.98. The van der Waals surface area contributed by atoms with Gasteiger partial charge in [-0.05, 0) is 59.2 Å². The van der Waals surface area contributed by atoms with Gasteiger partial charge in [0.1, 0.15) is 5.82 Å². The van der Waals surface area contributed by atoms with Crippen molar-refractivity contribution in [1.82, 2.24) is 24.8 Å². The monoisotopic (exact) mass is 546 g/mol. The zero-order chi connectivity index (χ0) is 24.9. The molecule has 0 spiro atoms. The Labute approximate surface area is 220 Å². The number of piperidine rings is 1. The minimum absolute atomic E-state index is 0.0276. The summed E-state index contributed by atoms with van der Waals surface area (Å²) in [6.45, 7) is 5.05. The van der Waals surface area contributed by atoms with Crippen LogP contribution in [0.25, 0.3) is 16.9 Å². The average Bonchev–Trinajstić information content (AvgIpc) is 3.29. The van der Waals surface area contributed by atoms with Crippen molar-refractivity contribution >= 4 is 33.4 Å². The molecule has 1 saturated heterocycles. The smallest absolute Gasteiger partial charge is 0.317 e. The van der Waals surface area contributed by atoms with E-state index in [0.29, 0.717) is 12.5 Å². The van der Waals surface area contributed by atoms with E-state index < -0.39 is 0 Å². The number of amides is 2. The van der Waals surface area contributed by atoms with Crippen LogP contribution in [0.1, 0.15) is 24.0 Å². The van der Waals surface area contributed by atoms with E-state index in [1.807, 2.05) is 39.7 Å². The summed E-state index contributed by atoms with van der Waals surface area (Å²) in [6, 6.07) is 20.6. The van der Waals surface area contributed by atoms with Gasteiger partial charge in [0.05, 0.1) is 16.4 Å². The summed E-state index contributed by atoms with van der Waals surface area (Å²) in [5.74, 6) is 1.26. The highest BCUT2D eigenvalue weighted by molar-refractivity contribution is 9.10. The minimum Gasteiger partial charge on any atom is -0.370 e. The number of nitrogens with zero attached hydrogens (tertiary/aromatic N) is 4. The van der Waals surface area contributed by atoms with Crippen LogP contribution in [0.15, 0.2) is 71.3 Å². The second-order valence-electron chi connectivity index (χ2n) is 9.37. The number of carbonyl (C=O) groups excluding carboxylic acids is 1. The van der Waals surface area contributed by atoms with Crippen LogP contribution in [-0.2, 0) is 6.42 Å². The highest BCUT2D eigenvalue weighted by Crippen LogP contribution is 2.28. The van der Waals surface area contributed by atoms with Gasteiger partial charge in [0.15, 0.2) is 5.65 Å². The topological polar surface area (TPSA) is 74.6 Å². The van der Waals surface area contributed by atoms with Crippen LogP contribution in [0.3, 0.4) is 0 Å². The summed E-state index contributed by atoms with van der Waals surface area (Å²) in [4.78, 5) is 19.6. The van der Waals surface area contributed by atoms with E-state index in [1.165, 1.54) is 11.1 Å². The average molecular weight is 548 g/mol. The molecule has 0 bridgehead atoms. The normalized spacial score (nSPS) is 15.7. The molecule has 1 fully saturated rings. The van der Waals surface area contributed by atoms with Crippen LogP contribution in [0.2, 0.25) is 0 Å². The van der Waals surface area contributed by atoms with Crippen molar-refractivity contribution in [3.05, 3.63) is 82.5 Å². The number of fused-ring (bicyclic) bond motifs is 1. The Morgan fingerprint density at radius 1 is 1.14 bits per heavy atom. The molecule has 36 heavy (non-hydrogen) atoms. The number of aromatic nitrogens is 3. The molecule has 1 unspecified atom stereocenters. The minimum atomic E-state index is 0.0276. The molecule has 8 heteroatoms. The highest BCUT2D eigenvalue weighted by Gasteiger charge is 2.24. The van der Waals surface area contributed by atoms with E-state index in [4.69, 9.17) is 4.98 Å². The van der Waals surface area contributed by atoms with Crippen molar-refractivity contribution in [3.8, 4) is 11.3 Å².